The molecule has 0 spiro atoms. The molecule has 1 aliphatic carbocycles. The van der Waals surface area contributed by atoms with Crippen LogP contribution in [0.3, 0.4) is 0 Å². The average molecular weight is 371 g/mol. The van der Waals surface area contributed by atoms with Crippen LogP contribution in [0.5, 0.6) is 0 Å². The van der Waals surface area contributed by atoms with E-state index in [1.807, 2.05) is 4.57 Å². The van der Waals surface area contributed by atoms with Crippen molar-refractivity contribution in [1.29, 1.82) is 0 Å². The van der Waals surface area contributed by atoms with Crippen molar-refractivity contribution < 1.29 is 4.42 Å². The molecule has 5 nitrogen and oxygen atoms in total. The van der Waals surface area contributed by atoms with Crippen LogP contribution in [0.2, 0.25) is 0 Å². The third-order valence-electron chi connectivity index (χ3n) is 6.22. The summed E-state index contributed by atoms with van der Waals surface area (Å²) in [4.78, 5) is 19.6. The second-order valence-corrected chi connectivity index (χ2v) is 8.23. The molecule has 1 saturated carbocycles. The molecule has 1 aliphatic heterocycles. The molecule has 0 atom stereocenters. The number of rotatable bonds is 2. The van der Waals surface area contributed by atoms with Crippen molar-refractivity contribution in [1.82, 2.24) is 14.5 Å². The van der Waals surface area contributed by atoms with E-state index in [9.17, 15) is 4.79 Å². The van der Waals surface area contributed by atoms with Gasteiger partial charge in [-0.15, -0.1) is 0 Å². The highest BCUT2D eigenvalue weighted by Crippen LogP contribution is 2.40. The molecule has 28 heavy (non-hydrogen) atoms. The van der Waals surface area contributed by atoms with Crippen molar-refractivity contribution >= 4 is 22.0 Å². The number of pyridine rings is 1. The molecule has 0 amide bonds. The smallest absolute Gasteiger partial charge is 0.281 e. The normalized spacial score (nSPS) is 16.9. The SMILES string of the molecule is Cc1c(-c2ccc3c(c2)CN(C)C3)ccc2c3ocnc3c(=O)n(C3CC3)c12. The molecule has 6 rings (SSSR count). The summed E-state index contributed by atoms with van der Waals surface area (Å²) in [7, 11) is 2.15. The van der Waals surface area contributed by atoms with E-state index in [4.69, 9.17) is 4.42 Å². The number of aromatic nitrogens is 2. The van der Waals surface area contributed by atoms with Gasteiger partial charge in [0.2, 0.25) is 0 Å². The Balaban J connectivity index is 1.65. The molecule has 2 aliphatic rings. The molecule has 2 aromatic carbocycles. The van der Waals surface area contributed by atoms with Gasteiger partial charge in [-0.25, -0.2) is 4.98 Å². The lowest BCUT2D eigenvalue weighted by atomic mass is 9.95. The molecule has 3 heterocycles. The summed E-state index contributed by atoms with van der Waals surface area (Å²) in [6, 6.07) is 11.3. The minimum atomic E-state index is -0.0328. The van der Waals surface area contributed by atoms with E-state index in [-0.39, 0.29) is 11.6 Å². The lowest BCUT2D eigenvalue weighted by Crippen LogP contribution is -2.20. The van der Waals surface area contributed by atoms with E-state index in [1.165, 1.54) is 28.6 Å². The van der Waals surface area contributed by atoms with E-state index >= 15 is 0 Å². The number of nitrogens with zero attached hydrogens (tertiary/aromatic N) is 3. The fourth-order valence-corrected chi connectivity index (χ4v) is 4.73. The molecule has 2 aromatic heterocycles. The Hall–Kier alpha value is -2.92. The second kappa shape index (κ2) is 5.55. The van der Waals surface area contributed by atoms with E-state index in [1.54, 1.807) is 0 Å². The summed E-state index contributed by atoms with van der Waals surface area (Å²) in [5, 5.41) is 0.973. The van der Waals surface area contributed by atoms with E-state index in [2.05, 4.69) is 54.2 Å². The van der Waals surface area contributed by atoms with Gasteiger partial charge in [0.25, 0.3) is 5.56 Å². The highest BCUT2D eigenvalue weighted by molar-refractivity contribution is 6.04. The predicted octanol–water partition coefficient (Wildman–Crippen LogP) is 4.40. The van der Waals surface area contributed by atoms with E-state index in [0.717, 1.165) is 42.4 Å². The number of oxazole rings is 1. The fraction of sp³-hybridized carbons (Fsp3) is 0.304. The summed E-state index contributed by atoms with van der Waals surface area (Å²) >= 11 is 0. The number of hydrogen-bond acceptors (Lipinski definition) is 4. The van der Waals surface area contributed by atoms with Gasteiger partial charge in [-0.3, -0.25) is 9.69 Å². The molecule has 4 aromatic rings. The van der Waals surface area contributed by atoms with Gasteiger partial charge < -0.3 is 8.98 Å². The molecule has 0 unspecified atom stereocenters. The Morgan fingerprint density at radius 2 is 1.93 bits per heavy atom. The Bertz CT molecular complexity index is 1330. The third-order valence-corrected chi connectivity index (χ3v) is 6.22. The minimum Gasteiger partial charge on any atom is -0.443 e. The van der Waals surface area contributed by atoms with Crippen LogP contribution >= 0.6 is 0 Å². The van der Waals surface area contributed by atoms with Gasteiger partial charge in [0.1, 0.15) is 0 Å². The van der Waals surface area contributed by atoms with Crippen LogP contribution in [-0.4, -0.2) is 21.5 Å². The molecule has 0 bridgehead atoms. The Morgan fingerprint density at radius 1 is 1.11 bits per heavy atom. The maximum atomic E-state index is 13.1. The molecule has 1 fully saturated rings. The number of fused-ring (bicyclic) bond motifs is 4. The third kappa shape index (κ3) is 2.17. The van der Waals surface area contributed by atoms with Crippen molar-refractivity contribution in [3.63, 3.8) is 0 Å². The predicted molar refractivity (Wildman–Crippen MR) is 109 cm³/mol. The second-order valence-electron chi connectivity index (χ2n) is 8.23. The van der Waals surface area contributed by atoms with Crippen LogP contribution < -0.4 is 5.56 Å². The molecule has 0 saturated heterocycles. The maximum absolute atomic E-state index is 13.1. The number of hydrogen-bond donors (Lipinski definition) is 0. The zero-order valence-electron chi connectivity index (χ0n) is 16.0. The summed E-state index contributed by atoms with van der Waals surface area (Å²) in [6.07, 6.45) is 3.48. The summed E-state index contributed by atoms with van der Waals surface area (Å²) in [5.74, 6) is 0. The molecule has 140 valence electrons. The van der Waals surface area contributed by atoms with E-state index in [0.29, 0.717) is 11.1 Å². The van der Waals surface area contributed by atoms with Gasteiger partial charge in [0, 0.05) is 24.5 Å². The highest BCUT2D eigenvalue weighted by atomic mass is 16.3. The molecular weight excluding hydrogens is 350 g/mol. The van der Waals surface area contributed by atoms with Gasteiger partial charge in [-0.1, -0.05) is 18.2 Å². The van der Waals surface area contributed by atoms with Crippen molar-refractivity contribution in [2.45, 2.75) is 38.9 Å². The zero-order valence-corrected chi connectivity index (χ0v) is 16.0. The van der Waals surface area contributed by atoms with Gasteiger partial charge in [-0.05, 0) is 66.8 Å². The van der Waals surface area contributed by atoms with Gasteiger partial charge >= 0.3 is 0 Å². The lowest BCUT2D eigenvalue weighted by molar-refractivity contribution is 0.353. The lowest BCUT2D eigenvalue weighted by Gasteiger charge is -2.16. The van der Waals surface area contributed by atoms with Crippen LogP contribution in [0.15, 0.2) is 45.9 Å². The van der Waals surface area contributed by atoms with Crippen LogP contribution in [-0.2, 0) is 13.1 Å². The van der Waals surface area contributed by atoms with Crippen molar-refractivity contribution in [2.75, 3.05) is 7.05 Å². The fourth-order valence-electron chi connectivity index (χ4n) is 4.73. The summed E-state index contributed by atoms with van der Waals surface area (Å²) < 4.78 is 7.57. The highest BCUT2D eigenvalue weighted by Gasteiger charge is 2.29. The van der Waals surface area contributed by atoms with Crippen LogP contribution in [0.1, 0.15) is 35.6 Å². The Kier molecular flexibility index (Phi) is 3.19. The molecule has 0 N–H and O–H groups in total. The quantitative estimate of drug-likeness (QED) is 0.524. The van der Waals surface area contributed by atoms with Gasteiger partial charge in [-0.2, -0.15) is 0 Å². The average Bonchev–Trinajstić information content (AvgIpc) is 3.25. The molecule has 0 radical (unpaired) electrons. The summed E-state index contributed by atoms with van der Waals surface area (Å²) in [6.45, 7) is 4.12. The minimum absolute atomic E-state index is 0.0328. The monoisotopic (exact) mass is 371 g/mol. The van der Waals surface area contributed by atoms with Crippen molar-refractivity contribution in [2.24, 2.45) is 0 Å². The maximum Gasteiger partial charge on any atom is 0.281 e. The van der Waals surface area contributed by atoms with Gasteiger partial charge in [0.15, 0.2) is 17.5 Å². The standard InChI is InChI=1S/C23H21N3O2/c1-13-18(14-3-4-15-10-25(2)11-16(15)9-14)7-8-19-21(13)26(17-5-6-17)23(27)20-22(19)28-12-24-20/h3-4,7-9,12,17H,5-6,10-11H2,1-2H3. The van der Waals surface area contributed by atoms with Crippen molar-refractivity contribution in [3.8, 4) is 11.1 Å². The topological polar surface area (TPSA) is 51.3 Å². The van der Waals surface area contributed by atoms with Crippen LogP contribution in [0.4, 0.5) is 0 Å². The molecular formula is C23H21N3O2. The van der Waals surface area contributed by atoms with Gasteiger partial charge in [0.05, 0.1) is 5.52 Å². The first kappa shape index (κ1) is 16.1. The van der Waals surface area contributed by atoms with E-state index < -0.39 is 0 Å². The first-order valence-electron chi connectivity index (χ1n) is 9.83. The largest absolute Gasteiger partial charge is 0.443 e. The zero-order chi connectivity index (χ0) is 19.0. The molecule has 5 heteroatoms. The number of aryl methyl sites for hydroxylation is 1. The Morgan fingerprint density at radius 3 is 2.75 bits per heavy atom. The Labute approximate surface area is 162 Å². The van der Waals surface area contributed by atoms with Crippen molar-refractivity contribution in [3.05, 3.63) is 63.8 Å². The summed E-state index contributed by atoms with van der Waals surface area (Å²) in [5.41, 5.74) is 8.31. The first-order chi connectivity index (χ1) is 13.6. The first-order valence-corrected chi connectivity index (χ1v) is 9.83. The van der Waals surface area contributed by atoms with Crippen LogP contribution in [0.25, 0.3) is 33.1 Å². The van der Waals surface area contributed by atoms with Crippen LogP contribution in [0, 0.1) is 6.92 Å². The number of benzene rings is 2.